The Morgan fingerprint density at radius 1 is 1.04 bits per heavy atom. The smallest absolute Gasteiger partial charge is 0.265 e. The Bertz CT molecular complexity index is 1150. The second kappa shape index (κ2) is 6.91. The highest BCUT2D eigenvalue weighted by Gasteiger charge is 2.11. The highest BCUT2D eigenvalue weighted by Crippen LogP contribution is 2.27. The molecular weight excluding hydrogens is 344 g/mol. The SMILES string of the molecule is COc1ccc(C=NNc2nnc3c4ccccc4n(C)c3n2)cc1OC. The molecule has 0 aliphatic rings. The number of anilines is 1. The summed E-state index contributed by atoms with van der Waals surface area (Å²) in [4.78, 5) is 4.52. The average Bonchev–Trinajstić information content (AvgIpc) is 3.00. The molecule has 0 aliphatic carbocycles. The van der Waals surface area contributed by atoms with Gasteiger partial charge in [0.05, 0.1) is 26.0 Å². The van der Waals surface area contributed by atoms with Crippen molar-refractivity contribution in [1.82, 2.24) is 19.7 Å². The molecule has 0 unspecified atom stereocenters. The molecule has 1 N–H and O–H groups in total. The third-order valence-electron chi connectivity index (χ3n) is 4.29. The molecule has 0 atom stereocenters. The van der Waals surface area contributed by atoms with Crippen LogP contribution >= 0.6 is 0 Å². The second-order valence-corrected chi connectivity index (χ2v) is 5.87. The van der Waals surface area contributed by atoms with Crippen molar-refractivity contribution < 1.29 is 9.47 Å². The normalized spacial score (nSPS) is 11.4. The van der Waals surface area contributed by atoms with Gasteiger partial charge < -0.3 is 14.0 Å². The molecule has 0 fully saturated rings. The number of hydrogen-bond donors (Lipinski definition) is 1. The van der Waals surface area contributed by atoms with Crippen molar-refractivity contribution in [2.24, 2.45) is 12.1 Å². The molecule has 8 heteroatoms. The topological polar surface area (TPSA) is 86.5 Å². The molecule has 8 nitrogen and oxygen atoms in total. The summed E-state index contributed by atoms with van der Waals surface area (Å²) in [5.41, 5.74) is 6.24. The van der Waals surface area contributed by atoms with Gasteiger partial charge >= 0.3 is 0 Å². The molecular formula is C19H18N6O2. The maximum absolute atomic E-state index is 5.29. The van der Waals surface area contributed by atoms with Crippen molar-refractivity contribution in [3.05, 3.63) is 48.0 Å². The average molecular weight is 362 g/mol. The third-order valence-corrected chi connectivity index (χ3v) is 4.29. The van der Waals surface area contributed by atoms with Crippen LogP contribution in [0, 0.1) is 0 Å². The molecule has 0 radical (unpaired) electrons. The quantitative estimate of drug-likeness (QED) is 0.434. The zero-order valence-corrected chi connectivity index (χ0v) is 15.2. The van der Waals surface area contributed by atoms with E-state index in [1.54, 1.807) is 20.4 Å². The molecule has 2 aromatic carbocycles. The number of fused-ring (bicyclic) bond motifs is 3. The molecule has 136 valence electrons. The molecule has 0 saturated heterocycles. The van der Waals surface area contributed by atoms with E-state index in [9.17, 15) is 0 Å². The monoisotopic (exact) mass is 362 g/mol. The van der Waals surface area contributed by atoms with Crippen LogP contribution < -0.4 is 14.9 Å². The van der Waals surface area contributed by atoms with Crippen molar-refractivity contribution in [3.8, 4) is 11.5 Å². The van der Waals surface area contributed by atoms with Crippen molar-refractivity contribution in [1.29, 1.82) is 0 Å². The third kappa shape index (κ3) is 3.01. The summed E-state index contributed by atoms with van der Waals surface area (Å²) >= 11 is 0. The van der Waals surface area contributed by atoms with Crippen LogP contribution in [0.3, 0.4) is 0 Å². The first-order valence-electron chi connectivity index (χ1n) is 8.30. The van der Waals surface area contributed by atoms with E-state index in [0.29, 0.717) is 17.4 Å². The van der Waals surface area contributed by atoms with Gasteiger partial charge in [0.1, 0.15) is 5.52 Å². The van der Waals surface area contributed by atoms with E-state index in [1.165, 1.54) is 0 Å². The summed E-state index contributed by atoms with van der Waals surface area (Å²) in [6.07, 6.45) is 1.65. The molecule has 4 rings (SSSR count). The lowest BCUT2D eigenvalue weighted by Gasteiger charge is -2.07. The molecule has 2 aromatic heterocycles. The number of methoxy groups -OCH3 is 2. The van der Waals surface area contributed by atoms with Gasteiger partial charge in [0.15, 0.2) is 17.1 Å². The molecule has 0 bridgehead atoms. The predicted molar refractivity (Wildman–Crippen MR) is 105 cm³/mol. The summed E-state index contributed by atoms with van der Waals surface area (Å²) in [5, 5.41) is 13.6. The van der Waals surface area contributed by atoms with Crippen molar-refractivity contribution in [3.63, 3.8) is 0 Å². The van der Waals surface area contributed by atoms with Gasteiger partial charge in [0.2, 0.25) is 0 Å². The minimum absolute atomic E-state index is 0.324. The minimum Gasteiger partial charge on any atom is -0.493 e. The standard InChI is InChI=1S/C19H18N6O2/c1-25-14-7-5-4-6-13(14)17-18(25)21-19(24-22-17)23-20-11-12-8-9-15(26-2)16(10-12)27-3/h4-11H,1-3H3,(H,21,23,24). The van der Waals surface area contributed by atoms with Gasteiger partial charge in [-0.2, -0.15) is 10.1 Å². The highest BCUT2D eigenvalue weighted by atomic mass is 16.5. The Balaban J connectivity index is 1.60. The van der Waals surface area contributed by atoms with E-state index in [2.05, 4.69) is 25.7 Å². The van der Waals surface area contributed by atoms with Crippen LogP contribution in [0.1, 0.15) is 5.56 Å². The predicted octanol–water partition coefficient (Wildman–Crippen LogP) is 2.98. The van der Waals surface area contributed by atoms with Gasteiger partial charge in [-0.3, -0.25) is 0 Å². The summed E-state index contributed by atoms with van der Waals surface area (Å²) in [7, 11) is 5.15. The Morgan fingerprint density at radius 3 is 2.67 bits per heavy atom. The second-order valence-electron chi connectivity index (χ2n) is 5.87. The number of benzene rings is 2. The fourth-order valence-electron chi connectivity index (χ4n) is 2.95. The Labute approximate surface area is 155 Å². The summed E-state index contributed by atoms with van der Waals surface area (Å²) in [6.45, 7) is 0. The number of para-hydroxylation sites is 1. The number of nitrogens with one attached hydrogen (secondary N) is 1. The largest absolute Gasteiger partial charge is 0.493 e. The van der Waals surface area contributed by atoms with E-state index in [0.717, 1.165) is 27.6 Å². The number of aromatic nitrogens is 4. The summed E-state index contributed by atoms with van der Waals surface area (Å²) in [6, 6.07) is 13.5. The van der Waals surface area contributed by atoms with Crippen molar-refractivity contribution in [2.75, 3.05) is 19.6 Å². The van der Waals surface area contributed by atoms with Crippen LogP contribution in [0.25, 0.3) is 22.1 Å². The van der Waals surface area contributed by atoms with Gasteiger partial charge in [-0.25, -0.2) is 5.43 Å². The van der Waals surface area contributed by atoms with Gasteiger partial charge in [-0.05, 0) is 29.8 Å². The highest BCUT2D eigenvalue weighted by molar-refractivity contribution is 6.04. The first-order valence-corrected chi connectivity index (χ1v) is 8.30. The van der Waals surface area contributed by atoms with Crippen LogP contribution in [-0.2, 0) is 7.05 Å². The van der Waals surface area contributed by atoms with Crippen LogP contribution in [-0.4, -0.2) is 40.2 Å². The van der Waals surface area contributed by atoms with Gasteiger partial charge in [0, 0.05) is 12.4 Å². The van der Waals surface area contributed by atoms with E-state index < -0.39 is 0 Å². The Morgan fingerprint density at radius 2 is 1.85 bits per heavy atom. The Hall–Kier alpha value is -3.68. The van der Waals surface area contributed by atoms with E-state index >= 15 is 0 Å². The molecule has 0 aliphatic heterocycles. The van der Waals surface area contributed by atoms with E-state index in [-0.39, 0.29) is 0 Å². The van der Waals surface area contributed by atoms with Crippen LogP contribution in [0.4, 0.5) is 5.95 Å². The molecule has 0 saturated carbocycles. The van der Waals surface area contributed by atoms with Crippen molar-refractivity contribution >= 4 is 34.2 Å². The minimum atomic E-state index is 0.324. The lowest BCUT2D eigenvalue weighted by molar-refractivity contribution is 0.355. The van der Waals surface area contributed by atoms with Gasteiger partial charge in [-0.1, -0.05) is 18.2 Å². The van der Waals surface area contributed by atoms with Gasteiger partial charge in [-0.15, -0.1) is 10.2 Å². The van der Waals surface area contributed by atoms with E-state index in [1.807, 2.05) is 54.1 Å². The van der Waals surface area contributed by atoms with Gasteiger partial charge in [0.25, 0.3) is 5.95 Å². The Kier molecular flexibility index (Phi) is 4.29. The summed E-state index contributed by atoms with van der Waals surface area (Å²) in [5.74, 6) is 1.62. The maximum atomic E-state index is 5.29. The first-order chi connectivity index (χ1) is 13.2. The number of aryl methyl sites for hydroxylation is 1. The molecule has 27 heavy (non-hydrogen) atoms. The summed E-state index contributed by atoms with van der Waals surface area (Å²) < 4.78 is 12.5. The van der Waals surface area contributed by atoms with Crippen molar-refractivity contribution in [2.45, 2.75) is 0 Å². The fraction of sp³-hybridized carbons (Fsp3) is 0.158. The lowest BCUT2D eigenvalue weighted by atomic mass is 10.2. The number of hydrogen-bond acceptors (Lipinski definition) is 7. The zero-order valence-electron chi connectivity index (χ0n) is 15.2. The lowest BCUT2D eigenvalue weighted by Crippen LogP contribution is -2.01. The molecule has 4 aromatic rings. The fourth-order valence-corrected chi connectivity index (χ4v) is 2.95. The molecule has 0 spiro atoms. The number of rotatable bonds is 5. The molecule has 2 heterocycles. The number of nitrogens with zero attached hydrogens (tertiary/aromatic N) is 5. The molecule has 0 amide bonds. The van der Waals surface area contributed by atoms with E-state index in [4.69, 9.17) is 9.47 Å². The van der Waals surface area contributed by atoms with Crippen LogP contribution in [0.15, 0.2) is 47.6 Å². The zero-order chi connectivity index (χ0) is 18.8. The number of hydrazone groups is 1. The van der Waals surface area contributed by atoms with Crippen LogP contribution in [0.2, 0.25) is 0 Å². The number of ether oxygens (including phenoxy) is 2. The maximum Gasteiger partial charge on any atom is 0.265 e. The van der Waals surface area contributed by atoms with Crippen LogP contribution in [0.5, 0.6) is 11.5 Å². The first kappa shape index (κ1) is 16.8.